The molecule has 0 bridgehead atoms. The third-order valence-corrected chi connectivity index (χ3v) is 28.1. The number of benzene rings is 12. The van der Waals surface area contributed by atoms with E-state index in [0.29, 0.717) is 153 Å². The fraction of sp³-hybridized carbons (Fsp3) is 0.310. The number of furan rings is 4. The van der Waals surface area contributed by atoms with Gasteiger partial charge in [-0.3, -0.25) is 0 Å². The minimum absolute atomic E-state index is 0.00103. The van der Waals surface area contributed by atoms with Crippen LogP contribution in [0, 0.1) is 20.8 Å². The zero-order chi connectivity index (χ0) is 100. The smallest absolute Gasteiger partial charge is 0.470 e. The molecule has 0 saturated carbocycles. The van der Waals surface area contributed by atoms with Crippen LogP contribution >= 0.6 is 0 Å². The molecule has 147 heavy (non-hydrogen) atoms. The molecule has 4 saturated heterocycles. The van der Waals surface area contributed by atoms with E-state index in [-0.39, 0.29) is 38.1 Å². The van der Waals surface area contributed by atoms with Gasteiger partial charge in [-0.25, -0.2) is 0 Å². The molecule has 0 spiro atoms. The number of para-hydroxylation sites is 1. The van der Waals surface area contributed by atoms with Crippen molar-refractivity contribution in [3.63, 3.8) is 0 Å². The molecule has 12 aromatic carbocycles. The van der Waals surface area contributed by atoms with Gasteiger partial charge in [0.2, 0.25) is 29.3 Å². The summed E-state index contributed by atoms with van der Waals surface area (Å²) in [5.74, 6) is 6.83. The molecule has 24 rings (SSSR count). The first-order valence-electron chi connectivity index (χ1n) is 50.2. The molecule has 0 radical (unpaired) electrons. The maximum absolute atomic E-state index is 12.8. The second-order valence-corrected chi connectivity index (χ2v) is 38.5. The Balaban J connectivity index is 0.000000115. The number of alkyl halides is 3. The van der Waals surface area contributed by atoms with Crippen LogP contribution in [0.2, 0.25) is 0 Å². The first-order valence-corrected chi connectivity index (χ1v) is 50.2. The zero-order valence-electron chi connectivity index (χ0n) is 81.7. The molecule has 4 atom stereocenters. The third-order valence-electron chi connectivity index (χ3n) is 28.1. The van der Waals surface area contributed by atoms with E-state index in [9.17, 15) is 33.6 Å². The Morgan fingerprint density at radius 3 is 0.946 bits per heavy atom. The first kappa shape index (κ1) is 98.1. The standard InChI is InChI=1S/C29H26F3N3O4.3C29H29N3O4/c30-29(31,32)28-34-33-27(39-28)26-15-23-24(6-3-7-25(23)38-26)37-17-22(36)16-35-12-10-19(11-13-35)21-9-8-18-4-1-2-5-20(18)14-21;1-19-30-31-29(35-19)28-16-25-26(7-4-8-27(25)36-28)34-18-24(33)17-32-13-11-21(12-14-32)23-10-9-20-5-2-3-6-22(20)15-23;1-19-30-29(31-36-19)28-16-25-26(7-4-8-27(25)35-28)34-18-24(33)17-32-13-11-21(12-14-32)23-10-9-20-5-2-3-6-22(20)15-23;1-19-30-29(31-36-19)27-16-24-7-4-8-26(28(24)35-27)34-18-25(33)17-32-13-11-21(12-14-32)23-10-9-20-5-2-3-6-22(20)15-23/h1-9,14-15,19,22,36H,10-13,16-17H2;2*2-10,15-16,21,24,33H,11-14,17-18H2,1H3;2-10,15-16,21,25,33H,11-14,17-18H2,1H3/t22-;2*24-;25-/m0000/s1. The maximum atomic E-state index is 12.8. The quantitative estimate of drug-likeness (QED) is 0.0354. The Hall–Kier alpha value is -14.9. The van der Waals surface area contributed by atoms with E-state index in [1.807, 2.05) is 72.8 Å². The van der Waals surface area contributed by atoms with Crippen molar-refractivity contribution in [1.29, 1.82) is 0 Å². The highest BCUT2D eigenvalue weighted by atomic mass is 19.4. The normalized spacial score (nSPS) is 16.1. The SMILES string of the molecule is Cc1nc(-c2cc3c(OC[C@@H](O)CN4CCC(c5ccc6ccccc6c5)CC4)cccc3o2)no1.Cc1nc(-c2cc3cccc(OC[C@@H](O)CN4CCC(c5ccc6ccccc6c5)CC4)c3o2)no1.Cc1nnc(-c2cc3c(OC[C@@H](O)CN4CCC(c5ccc6ccccc6c5)CC4)cccc3o2)o1.O[C@H](COc1cccc2oc(-c3nnc(C(F)(F)F)o3)cc12)CN1CCC(c2ccc3ccccc3c2)CC1. The van der Waals surface area contributed by atoms with Crippen molar-refractivity contribution < 1.29 is 88.1 Å². The number of hydrogen-bond acceptors (Lipinski definition) is 28. The lowest BCUT2D eigenvalue weighted by molar-refractivity contribution is -0.157. The Kier molecular flexibility index (Phi) is 29.7. The van der Waals surface area contributed by atoms with Crippen molar-refractivity contribution in [3.8, 4) is 69.5 Å². The summed E-state index contributed by atoms with van der Waals surface area (Å²) in [6.07, 6.45) is 1.41. The van der Waals surface area contributed by atoms with Crippen LogP contribution in [-0.2, 0) is 6.18 Å². The summed E-state index contributed by atoms with van der Waals surface area (Å²) < 4.78 is 106. The van der Waals surface area contributed by atoms with Crippen LogP contribution in [0.5, 0.6) is 23.0 Å². The minimum atomic E-state index is -4.74. The summed E-state index contributed by atoms with van der Waals surface area (Å²) >= 11 is 0. The molecule has 0 unspecified atom stereocenters. The largest absolute Gasteiger partial charge is 0.490 e. The fourth-order valence-electron chi connectivity index (χ4n) is 20.5. The number of nitrogens with zero attached hydrogens (tertiary/aromatic N) is 12. The molecule has 0 amide bonds. The Morgan fingerprint density at radius 2 is 0.612 bits per heavy atom. The van der Waals surface area contributed by atoms with Crippen LogP contribution in [-0.4, -0.2) is 210 Å². The lowest BCUT2D eigenvalue weighted by atomic mass is 9.88. The van der Waals surface area contributed by atoms with E-state index in [1.54, 1.807) is 39.0 Å². The molecule has 4 N–H and O–H groups in total. The number of piperidine rings is 4. The van der Waals surface area contributed by atoms with Crippen LogP contribution in [0.25, 0.3) is 133 Å². The molecule has 28 nitrogen and oxygen atoms in total. The number of β-amino-alcohol motifs (C(OH)–C–C–N with tert-alkyl or cyclic N) is 4. The molecule has 4 aliphatic heterocycles. The van der Waals surface area contributed by atoms with Gasteiger partial charge in [0.15, 0.2) is 34.4 Å². The molecule has 4 aliphatic rings. The molecule has 8 aromatic heterocycles. The van der Waals surface area contributed by atoms with E-state index in [2.05, 4.69) is 230 Å². The van der Waals surface area contributed by atoms with E-state index < -0.39 is 36.5 Å². The van der Waals surface area contributed by atoms with Gasteiger partial charge in [0.1, 0.15) is 84.8 Å². The second-order valence-electron chi connectivity index (χ2n) is 38.5. The van der Waals surface area contributed by atoms with Gasteiger partial charge >= 0.3 is 12.1 Å². The molecular formula is C116H113F3N12O16. The zero-order valence-corrected chi connectivity index (χ0v) is 81.7. The Morgan fingerprint density at radius 1 is 0.306 bits per heavy atom. The minimum Gasteiger partial charge on any atom is -0.490 e. The number of halogens is 3. The topological polar surface area (TPSA) is 339 Å². The van der Waals surface area contributed by atoms with Crippen molar-refractivity contribution in [3.05, 3.63) is 313 Å². The molecule has 4 fully saturated rings. The number of aromatic nitrogens is 8. The summed E-state index contributed by atoms with van der Waals surface area (Å²) in [6, 6.07) is 90.1. The van der Waals surface area contributed by atoms with Crippen molar-refractivity contribution in [1.82, 2.24) is 60.3 Å². The predicted octanol–water partition coefficient (Wildman–Crippen LogP) is 23.0. The summed E-state index contributed by atoms with van der Waals surface area (Å²) in [5.41, 5.74) is 7.96. The van der Waals surface area contributed by atoms with Crippen molar-refractivity contribution in [2.24, 2.45) is 0 Å². The number of hydrogen-bond donors (Lipinski definition) is 4. The Labute approximate surface area is 844 Å². The number of aliphatic hydroxyl groups is 4. The predicted molar refractivity (Wildman–Crippen MR) is 553 cm³/mol. The van der Waals surface area contributed by atoms with Crippen LogP contribution in [0.15, 0.2) is 302 Å². The first-order chi connectivity index (χ1) is 71.7. The van der Waals surface area contributed by atoms with Gasteiger partial charge in [0.25, 0.3) is 11.8 Å². The highest BCUT2D eigenvalue weighted by Crippen LogP contribution is 2.43. The average molecular weight is 1990 g/mol. The van der Waals surface area contributed by atoms with Gasteiger partial charge in [0.05, 0.1) is 16.2 Å². The fourth-order valence-corrected chi connectivity index (χ4v) is 20.5. The van der Waals surface area contributed by atoms with E-state index in [0.717, 1.165) is 120 Å². The van der Waals surface area contributed by atoms with Gasteiger partial charge in [-0.05, 0) is 247 Å². The highest BCUT2D eigenvalue weighted by molar-refractivity contribution is 5.92. The van der Waals surface area contributed by atoms with Crippen LogP contribution in [0.1, 0.15) is 121 Å². The summed E-state index contributed by atoms with van der Waals surface area (Å²) in [6.45, 7) is 15.8. The van der Waals surface area contributed by atoms with E-state index in [4.69, 9.17) is 54.5 Å². The van der Waals surface area contributed by atoms with Crippen LogP contribution < -0.4 is 18.9 Å². The third kappa shape index (κ3) is 23.8. The lowest BCUT2D eigenvalue weighted by Crippen LogP contribution is -2.40. The number of likely N-dealkylation sites (tertiary alicyclic amines) is 4. The van der Waals surface area contributed by atoms with Gasteiger partial charge in [-0.15, -0.1) is 20.4 Å². The summed E-state index contributed by atoms with van der Waals surface area (Å²) in [5, 5.41) is 78.3. The highest BCUT2D eigenvalue weighted by Gasteiger charge is 2.39. The molecule has 754 valence electrons. The van der Waals surface area contributed by atoms with Gasteiger partial charge in [-0.1, -0.05) is 211 Å². The Bertz CT molecular complexity index is 7330. The molecule has 20 aromatic rings. The molecule has 0 aliphatic carbocycles. The number of aliphatic hydroxyl groups excluding tert-OH is 4. The molecule has 31 heteroatoms. The van der Waals surface area contributed by atoms with Gasteiger partial charge in [0, 0.05) is 64.5 Å². The number of ether oxygens (including phenoxy) is 4. The summed E-state index contributed by atoms with van der Waals surface area (Å²) in [4.78, 5) is 17.7. The van der Waals surface area contributed by atoms with Crippen LogP contribution in [0.4, 0.5) is 13.2 Å². The molecular weight excluding hydrogens is 1870 g/mol. The van der Waals surface area contributed by atoms with Crippen LogP contribution in [0.3, 0.4) is 0 Å². The maximum Gasteiger partial charge on any atom is 0.470 e. The van der Waals surface area contributed by atoms with E-state index >= 15 is 0 Å². The lowest BCUT2D eigenvalue weighted by Gasteiger charge is -2.33. The number of rotatable bonds is 28. The van der Waals surface area contributed by atoms with Crippen molar-refractivity contribution in [2.45, 2.75) is 126 Å². The average Bonchev–Trinajstić information content (AvgIpc) is 1.63. The number of fused-ring (bicyclic) bond motifs is 8. The van der Waals surface area contributed by atoms with Gasteiger partial charge in [-0.2, -0.15) is 23.1 Å². The number of aryl methyl sites for hydroxylation is 3. The van der Waals surface area contributed by atoms with Crippen molar-refractivity contribution >= 4 is 87.0 Å². The van der Waals surface area contributed by atoms with E-state index in [1.165, 1.54) is 71.4 Å². The van der Waals surface area contributed by atoms with Gasteiger partial charge < -0.3 is 94.5 Å². The summed E-state index contributed by atoms with van der Waals surface area (Å²) in [7, 11) is 0. The molecule has 12 heterocycles. The van der Waals surface area contributed by atoms with Crippen molar-refractivity contribution in [2.75, 3.05) is 105 Å². The second kappa shape index (κ2) is 44.6. The monoisotopic (exact) mass is 1990 g/mol.